The summed E-state index contributed by atoms with van der Waals surface area (Å²) in [5.41, 5.74) is 8.98. The van der Waals surface area contributed by atoms with Crippen molar-refractivity contribution in [3.63, 3.8) is 0 Å². The Hall–Kier alpha value is -2.00. The average Bonchev–Trinajstić information content (AvgIpc) is 3.02. The number of phosphoric ester groups is 1. The highest BCUT2D eigenvalue weighted by atomic mass is 32.2. The third-order valence-electron chi connectivity index (χ3n) is 3.22. The number of rotatable bonds is 8. The fourth-order valence-corrected chi connectivity index (χ4v) is 3.39. The first-order valence-corrected chi connectivity index (χ1v) is 10.7. The van der Waals surface area contributed by atoms with Gasteiger partial charge in [-0.3, -0.25) is 18.4 Å². The molecule has 1 unspecified atom stereocenters. The lowest BCUT2D eigenvalue weighted by Gasteiger charge is -2.15. The Labute approximate surface area is 166 Å². The Balaban J connectivity index is 1.79. The van der Waals surface area contributed by atoms with E-state index in [1.807, 2.05) is 0 Å². The van der Waals surface area contributed by atoms with Crippen molar-refractivity contribution in [1.29, 1.82) is 0 Å². The normalized spacial score (nSPS) is 13.7. The van der Waals surface area contributed by atoms with Gasteiger partial charge in [0.15, 0.2) is 22.1 Å². The van der Waals surface area contributed by atoms with Gasteiger partial charge in [-0.2, -0.15) is 0 Å². The molecule has 0 saturated heterocycles. The largest absolute Gasteiger partial charge is 0.472 e. The summed E-state index contributed by atoms with van der Waals surface area (Å²) in [6.07, 6.45) is 5.74. The van der Waals surface area contributed by atoms with Crippen molar-refractivity contribution in [3.05, 3.63) is 24.5 Å². The minimum atomic E-state index is -4.21. The maximum Gasteiger partial charge on any atom is 0.472 e. The van der Waals surface area contributed by atoms with Crippen LogP contribution in [0.15, 0.2) is 24.5 Å². The fraction of sp³-hybridized carbons (Fsp3) is 0.438. The summed E-state index contributed by atoms with van der Waals surface area (Å²) < 4.78 is 23.0. The summed E-state index contributed by atoms with van der Waals surface area (Å²) in [7, 11) is -4.21. The van der Waals surface area contributed by atoms with Gasteiger partial charge in [0.2, 0.25) is 0 Å². The van der Waals surface area contributed by atoms with E-state index in [2.05, 4.69) is 20.7 Å². The molecule has 3 N–H and O–H groups in total. The van der Waals surface area contributed by atoms with Gasteiger partial charge < -0.3 is 10.6 Å². The van der Waals surface area contributed by atoms with Crippen LogP contribution in [-0.4, -0.2) is 48.5 Å². The summed E-state index contributed by atoms with van der Waals surface area (Å²) in [4.78, 5) is 33.4. The summed E-state index contributed by atoms with van der Waals surface area (Å²) in [5.74, 6) is 0.531. The fourth-order valence-electron chi connectivity index (χ4n) is 1.82. The highest BCUT2D eigenvalue weighted by Gasteiger charge is 2.23. The van der Waals surface area contributed by atoms with Crippen molar-refractivity contribution in [1.82, 2.24) is 19.5 Å². The van der Waals surface area contributed by atoms with Crippen molar-refractivity contribution >= 4 is 47.9 Å². The molecule has 0 aromatic carbocycles. The van der Waals surface area contributed by atoms with Crippen LogP contribution in [0.25, 0.3) is 17.4 Å². The zero-order valence-corrected chi connectivity index (χ0v) is 17.4. The number of phosphoric acid groups is 1. The van der Waals surface area contributed by atoms with E-state index in [4.69, 9.17) is 14.8 Å². The van der Waals surface area contributed by atoms with Gasteiger partial charge in [0, 0.05) is 11.2 Å². The summed E-state index contributed by atoms with van der Waals surface area (Å²) >= 11 is 1.05. The molecule has 0 radical (unpaired) electrons. The van der Waals surface area contributed by atoms with Crippen LogP contribution in [0.3, 0.4) is 0 Å². The molecular formula is C16H22N5O5PS. The predicted molar refractivity (Wildman–Crippen MR) is 107 cm³/mol. The van der Waals surface area contributed by atoms with E-state index >= 15 is 0 Å². The molecule has 0 aliphatic heterocycles. The number of fused-ring (bicyclic) bond motifs is 1. The van der Waals surface area contributed by atoms with Gasteiger partial charge in [-0.25, -0.2) is 19.5 Å². The van der Waals surface area contributed by atoms with E-state index in [0.717, 1.165) is 11.8 Å². The molecular weight excluding hydrogens is 405 g/mol. The zero-order valence-electron chi connectivity index (χ0n) is 15.7. The molecule has 10 nitrogen and oxygen atoms in total. The number of nitrogen functional groups attached to an aromatic ring is 1. The van der Waals surface area contributed by atoms with E-state index in [1.54, 1.807) is 25.3 Å². The minimum Gasteiger partial charge on any atom is -0.382 e. The molecule has 152 valence electrons. The number of anilines is 1. The van der Waals surface area contributed by atoms with Crippen LogP contribution < -0.4 is 5.73 Å². The third-order valence-corrected chi connectivity index (χ3v) is 5.45. The van der Waals surface area contributed by atoms with Gasteiger partial charge in [-0.05, 0) is 6.08 Å². The van der Waals surface area contributed by atoms with Crippen LogP contribution in [0.4, 0.5) is 5.82 Å². The van der Waals surface area contributed by atoms with Gasteiger partial charge in [0.1, 0.15) is 12.7 Å². The van der Waals surface area contributed by atoms with E-state index in [0.29, 0.717) is 11.2 Å². The molecule has 0 saturated carbocycles. The number of aromatic nitrogens is 4. The van der Waals surface area contributed by atoms with Crippen LogP contribution in [0, 0.1) is 5.41 Å². The Kier molecular flexibility index (Phi) is 7.54. The lowest BCUT2D eigenvalue weighted by atomic mass is 10.00. The standard InChI is InChI=1S/C16H22N5O5PS/c1-16(2,3)15(22)28-9-8-26-27(23,24)25-7-5-4-6-21-11-20-12-13(17)18-10-19-14(12)21/h5-6,10-11H,7-9H2,1-3H3,(H,23,24)(H2,17,18,19). The van der Waals surface area contributed by atoms with Crippen LogP contribution in [0.5, 0.6) is 0 Å². The number of carbonyl (C=O) groups excluding carboxylic acids is 1. The van der Waals surface area contributed by atoms with E-state index in [9.17, 15) is 14.3 Å². The maximum absolute atomic E-state index is 11.8. The number of nitrogens with zero attached hydrogens (tertiary/aromatic N) is 4. The first kappa shape index (κ1) is 22.3. The van der Waals surface area contributed by atoms with E-state index in [1.165, 1.54) is 24.9 Å². The average molecular weight is 427 g/mol. The molecule has 2 aromatic heterocycles. The zero-order chi connectivity index (χ0) is 20.8. The number of imidazole rings is 1. The van der Waals surface area contributed by atoms with Gasteiger partial charge in [-0.15, -0.1) is 5.73 Å². The second-order valence-corrected chi connectivity index (χ2v) is 9.09. The number of carbonyl (C=O) groups is 1. The lowest BCUT2D eigenvalue weighted by Crippen LogP contribution is -2.17. The molecule has 0 bridgehead atoms. The number of nitrogens with two attached hydrogens (primary N) is 1. The van der Waals surface area contributed by atoms with E-state index in [-0.39, 0.29) is 29.9 Å². The highest BCUT2D eigenvalue weighted by molar-refractivity contribution is 8.13. The molecule has 28 heavy (non-hydrogen) atoms. The van der Waals surface area contributed by atoms with E-state index < -0.39 is 13.2 Å². The second kappa shape index (κ2) is 9.47. The molecule has 2 aromatic rings. The Morgan fingerprint density at radius 2 is 2.14 bits per heavy atom. The molecule has 1 atom stereocenters. The van der Waals surface area contributed by atoms with Crippen molar-refractivity contribution in [2.75, 3.05) is 24.7 Å². The predicted octanol–water partition coefficient (Wildman–Crippen LogP) is 2.47. The van der Waals surface area contributed by atoms with Crippen molar-refractivity contribution < 1.29 is 23.3 Å². The van der Waals surface area contributed by atoms with Crippen LogP contribution in [-0.2, 0) is 18.4 Å². The number of thioether (sulfide) groups is 1. The molecule has 0 amide bonds. The summed E-state index contributed by atoms with van der Waals surface area (Å²) in [5, 5.41) is -0.0167. The Bertz CT molecular complexity index is 949. The molecule has 0 aliphatic carbocycles. The molecule has 2 heterocycles. The first-order valence-electron chi connectivity index (χ1n) is 8.23. The summed E-state index contributed by atoms with van der Waals surface area (Å²) in [6.45, 7) is 5.14. The molecule has 0 fully saturated rings. The molecule has 12 heteroatoms. The van der Waals surface area contributed by atoms with Crippen molar-refractivity contribution in [2.24, 2.45) is 5.41 Å². The van der Waals surface area contributed by atoms with Gasteiger partial charge in [0.25, 0.3) is 0 Å². The second-order valence-electron chi connectivity index (χ2n) is 6.57. The van der Waals surface area contributed by atoms with Crippen molar-refractivity contribution in [2.45, 2.75) is 20.8 Å². The maximum atomic E-state index is 11.8. The van der Waals surface area contributed by atoms with Crippen molar-refractivity contribution in [3.8, 4) is 0 Å². The Morgan fingerprint density at radius 1 is 1.39 bits per heavy atom. The summed E-state index contributed by atoms with van der Waals surface area (Å²) in [6, 6.07) is 0. The molecule has 2 rings (SSSR count). The molecule has 0 aliphatic rings. The van der Waals surface area contributed by atoms with Gasteiger partial charge in [0.05, 0.1) is 19.4 Å². The quantitative estimate of drug-likeness (QED) is 0.366. The monoisotopic (exact) mass is 427 g/mol. The van der Waals surface area contributed by atoms with Crippen LogP contribution in [0.1, 0.15) is 20.8 Å². The van der Waals surface area contributed by atoms with Gasteiger partial charge in [-0.1, -0.05) is 32.5 Å². The highest BCUT2D eigenvalue weighted by Crippen LogP contribution is 2.43. The minimum absolute atomic E-state index is 0.0167. The Morgan fingerprint density at radius 3 is 2.86 bits per heavy atom. The lowest BCUT2D eigenvalue weighted by molar-refractivity contribution is -0.117. The third kappa shape index (κ3) is 6.56. The van der Waals surface area contributed by atoms with Crippen LogP contribution in [0.2, 0.25) is 0 Å². The topological polar surface area (TPSA) is 142 Å². The number of hydrogen-bond acceptors (Lipinski definition) is 9. The van der Waals surface area contributed by atoms with Gasteiger partial charge >= 0.3 is 7.82 Å². The smallest absolute Gasteiger partial charge is 0.382 e. The molecule has 0 spiro atoms. The SMILES string of the molecule is CC(C)(C)C(=O)SCCOP(=O)(O)OCC=C=Cn1cnc2c(N)ncnc21. The first-order chi connectivity index (χ1) is 13.1. The number of hydrogen-bond donors (Lipinski definition) is 2. The van der Waals surface area contributed by atoms with Crippen LogP contribution >= 0.6 is 19.6 Å².